The summed E-state index contributed by atoms with van der Waals surface area (Å²) in [6.07, 6.45) is 2.18. The van der Waals surface area contributed by atoms with Gasteiger partial charge < -0.3 is 15.2 Å². The minimum atomic E-state index is -3.87. The predicted octanol–water partition coefficient (Wildman–Crippen LogP) is 0.912. The Kier molecular flexibility index (Phi) is 4.40. The number of hydrogen-bond donors (Lipinski definition) is 4. The van der Waals surface area contributed by atoms with Gasteiger partial charge in [0.1, 0.15) is 10.6 Å². The van der Waals surface area contributed by atoms with Gasteiger partial charge in [-0.05, 0) is 26.7 Å². The second-order valence-electron chi connectivity index (χ2n) is 5.46. The van der Waals surface area contributed by atoms with E-state index in [1.54, 1.807) is 0 Å². The van der Waals surface area contributed by atoms with E-state index >= 15 is 0 Å². The van der Waals surface area contributed by atoms with E-state index < -0.39 is 28.1 Å². The minimum absolute atomic E-state index is 0.0438. The summed E-state index contributed by atoms with van der Waals surface area (Å²) in [5, 5.41) is 18.9. The van der Waals surface area contributed by atoms with Crippen molar-refractivity contribution in [1.29, 1.82) is 0 Å². The number of carboxylic acids is 1. The Labute approximate surface area is 123 Å². The molecule has 1 aromatic rings. The molecule has 1 saturated carbocycles. The number of aromatic carboxylic acids is 1. The molecule has 2 unspecified atom stereocenters. The molecule has 1 aromatic heterocycles. The maximum Gasteiger partial charge on any atom is 0.352 e. The van der Waals surface area contributed by atoms with Crippen molar-refractivity contribution in [2.45, 2.75) is 56.6 Å². The van der Waals surface area contributed by atoms with Gasteiger partial charge in [0.2, 0.25) is 10.0 Å². The van der Waals surface area contributed by atoms with E-state index in [2.05, 4.69) is 9.71 Å². The number of carboxylic acid groups (broad SMARTS) is 1. The fourth-order valence-corrected chi connectivity index (χ4v) is 4.61. The van der Waals surface area contributed by atoms with Crippen molar-refractivity contribution in [3.63, 3.8) is 0 Å². The standard InChI is InChI=1S/C13H20N2O5S/c1-7-11(13(17)18)14-8(2)12(7)21(19,20)15-9-5-3-4-6-10(9)16/h9-10,14-16H,3-6H2,1-2H3,(H,17,18). The lowest BCUT2D eigenvalue weighted by Gasteiger charge is -2.28. The van der Waals surface area contributed by atoms with Gasteiger partial charge in [-0.3, -0.25) is 0 Å². The predicted molar refractivity (Wildman–Crippen MR) is 75.8 cm³/mol. The molecular formula is C13H20N2O5S. The van der Waals surface area contributed by atoms with Crippen molar-refractivity contribution in [2.75, 3.05) is 0 Å². The number of nitrogens with one attached hydrogen (secondary N) is 2. The van der Waals surface area contributed by atoms with Crippen LogP contribution in [-0.4, -0.2) is 41.7 Å². The summed E-state index contributed by atoms with van der Waals surface area (Å²) in [7, 11) is -3.87. The lowest BCUT2D eigenvalue weighted by Crippen LogP contribution is -2.45. The number of aliphatic hydroxyl groups is 1. The van der Waals surface area contributed by atoms with Crippen LogP contribution < -0.4 is 4.72 Å². The third kappa shape index (κ3) is 3.12. The molecule has 0 radical (unpaired) electrons. The molecule has 0 aromatic carbocycles. The highest BCUT2D eigenvalue weighted by atomic mass is 32.2. The fraction of sp³-hybridized carbons (Fsp3) is 0.615. The van der Waals surface area contributed by atoms with Crippen LogP contribution >= 0.6 is 0 Å². The molecule has 4 N–H and O–H groups in total. The normalized spacial score (nSPS) is 23.2. The Balaban J connectivity index is 2.34. The van der Waals surface area contributed by atoms with Crippen LogP contribution in [0, 0.1) is 13.8 Å². The number of rotatable bonds is 4. The van der Waals surface area contributed by atoms with Crippen molar-refractivity contribution < 1.29 is 23.4 Å². The number of aromatic nitrogens is 1. The number of aryl methyl sites for hydroxylation is 1. The van der Waals surface area contributed by atoms with E-state index in [0.29, 0.717) is 12.8 Å². The molecule has 0 bridgehead atoms. The smallest absolute Gasteiger partial charge is 0.352 e. The van der Waals surface area contributed by atoms with Crippen LogP contribution in [0.3, 0.4) is 0 Å². The van der Waals surface area contributed by atoms with Crippen LogP contribution in [0.1, 0.15) is 47.4 Å². The summed E-state index contributed by atoms with van der Waals surface area (Å²) >= 11 is 0. The summed E-state index contributed by atoms with van der Waals surface area (Å²) < 4.78 is 27.5. The van der Waals surface area contributed by atoms with Crippen LogP contribution in [0.15, 0.2) is 4.90 Å². The molecule has 1 aliphatic rings. The van der Waals surface area contributed by atoms with E-state index in [9.17, 15) is 18.3 Å². The molecule has 118 valence electrons. The van der Waals surface area contributed by atoms with Crippen molar-refractivity contribution in [3.8, 4) is 0 Å². The van der Waals surface area contributed by atoms with Crippen LogP contribution in [0.4, 0.5) is 0 Å². The molecule has 1 fully saturated rings. The zero-order chi connectivity index (χ0) is 15.8. The largest absolute Gasteiger partial charge is 0.477 e. The summed E-state index contributed by atoms with van der Waals surface area (Å²) in [6.45, 7) is 2.98. The van der Waals surface area contributed by atoms with E-state index in [1.807, 2.05) is 0 Å². The summed E-state index contributed by atoms with van der Waals surface area (Å²) in [5.74, 6) is -1.20. The summed E-state index contributed by atoms with van der Waals surface area (Å²) in [6, 6.07) is -0.522. The van der Waals surface area contributed by atoms with Gasteiger partial charge >= 0.3 is 5.97 Å². The van der Waals surface area contributed by atoms with E-state index in [4.69, 9.17) is 5.11 Å². The minimum Gasteiger partial charge on any atom is -0.477 e. The van der Waals surface area contributed by atoms with Crippen LogP contribution in [-0.2, 0) is 10.0 Å². The zero-order valence-electron chi connectivity index (χ0n) is 12.0. The first-order valence-corrected chi connectivity index (χ1v) is 8.35. The van der Waals surface area contributed by atoms with Crippen molar-refractivity contribution in [3.05, 3.63) is 17.0 Å². The van der Waals surface area contributed by atoms with Gasteiger partial charge in [0.05, 0.1) is 6.10 Å². The molecular weight excluding hydrogens is 296 g/mol. The molecule has 1 heterocycles. The fourth-order valence-electron chi connectivity index (χ4n) is 2.86. The maximum atomic E-state index is 12.5. The third-order valence-corrected chi connectivity index (χ3v) is 5.65. The number of aromatic amines is 1. The van der Waals surface area contributed by atoms with Crippen LogP contribution in [0.5, 0.6) is 0 Å². The number of aliphatic hydroxyl groups excluding tert-OH is 1. The number of hydrogen-bond acceptors (Lipinski definition) is 4. The molecule has 1 aliphatic carbocycles. The SMILES string of the molecule is Cc1[nH]c(C(=O)O)c(C)c1S(=O)(=O)NC1CCCCC1O. The van der Waals surface area contributed by atoms with Crippen molar-refractivity contribution in [1.82, 2.24) is 9.71 Å². The van der Waals surface area contributed by atoms with Gasteiger partial charge in [-0.25, -0.2) is 17.9 Å². The first-order valence-electron chi connectivity index (χ1n) is 6.87. The highest BCUT2D eigenvalue weighted by Crippen LogP contribution is 2.25. The van der Waals surface area contributed by atoms with Gasteiger partial charge in [0, 0.05) is 17.3 Å². The molecule has 8 heteroatoms. The Morgan fingerprint density at radius 1 is 1.29 bits per heavy atom. The van der Waals surface area contributed by atoms with Crippen LogP contribution in [0.2, 0.25) is 0 Å². The second kappa shape index (κ2) is 5.78. The molecule has 0 spiro atoms. The van der Waals surface area contributed by atoms with Crippen LogP contribution in [0.25, 0.3) is 0 Å². The Morgan fingerprint density at radius 2 is 1.90 bits per heavy atom. The maximum absolute atomic E-state index is 12.5. The lowest BCUT2D eigenvalue weighted by molar-refractivity contribution is 0.0690. The molecule has 2 rings (SSSR count). The highest BCUT2D eigenvalue weighted by Gasteiger charge is 2.32. The first-order chi connectivity index (χ1) is 9.74. The topological polar surface area (TPSA) is 119 Å². The third-order valence-electron chi connectivity index (χ3n) is 3.89. The van der Waals surface area contributed by atoms with Gasteiger partial charge in [-0.1, -0.05) is 12.8 Å². The van der Waals surface area contributed by atoms with Gasteiger partial charge in [-0.2, -0.15) is 0 Å². The lowest BCUT2D eigenvalue weighted by atomic mass is 9.93. The second-order valence-corrected chi connectivity index (χ2v) is 7.11. The summed E-state index contributed by atoms with van der Waals surface area (Å²) in [4.78, 5) is 13.6. The Morgan fingerprint density at radius 3 is 2.43 bits per heavy atom. The molecule has 0 aliphatic heterocycles. The summed E-state index contributed by atoms with van der Waals surface area (Å²) in [5.41, 5.74) is 0.331. The average Bonchev–Trinajstić information content (AvgIpc) is 2.68. The molecule has 0 saturated heterocycles. The monoisotopic (exact) mass is 316 g/mol. The Hall–Kier alpha value is -1.38. The van der Waals surface area contributed by atoms with E-state index in [0.717, 1.165) is 12.8 Å². The molecule has 0 amide bonds. The van der Waals surface area contributed by atoms with Gasteiger partial charge in [0.25, 0.3) is 0 Å². The van der Waals surface area contributed by atoms with Gasteiger partial charge in [-0.15, -0.1) is 0 Å². The average molecular weight is 316 g/mol. The first kappa shape index (κ1) is 16.0. The van der Waals surface area contributed by atoms with Crippen molar-refractivity contribution >= 4 is 16.0 Å². The van der Waals surface area contributed by atoms with Crippen molar-refractivity contribution in [2.24, 2.45) is 0 Å². The Bertz CT molecular complexity index is 650. The number of H-pyrrole nitrogens is 1. The van der Waals surface area contributed by atoms with E-state index in [-0.39, 0.29) is 21.8 Å². The highest BCUT2D eigenvalue weighted by molar-refractivity contribution is 7.89. The molecule has 21 heavy (non-hydrogen) atoms. The molecule has 2 atom stereocenters. The van der Waals surface area contributed by atoms with E-state index in [1.165, 1.54) is 13.8 Å². The molecule has 7 nitrogen and oxygen atoms in total. The number of carbonyl (C=O) groups is 1. The zero-order valence-corrected chi connectivity index (χ0v) is 12.8. The number of sulfonamides is 1. The quantitative estimate of drug-likeness (QED) is 0.658. The van der Waals surface area contributed by atoms with Gasteiger partial charge in [0.15, 0.2) is 0 Å².